The summed E-state index contributed by atoms with van der Waals surface area (Å²) in [6.07, 6.45) is 1.22. The highest BCUT2D eigenvalue weighted by atomic mass is 35.5. The molecule has 4 heteroatoms. The number of aryl methyl sites for hydroxylation is 1. The Morgan fingerprint density at radius 3 is 2.89 bits per heavy atom. The summed E-state index contributed by atoms with van der Waals surface area (Å²) in [5.74, 6) is 1.34. The molecule has 0 unspecified atom stereocenters. The molecule has 1 aromatic rings. The van der Waals surface area contributed by atoms with Gasteiger partial charge in [0.2, 0.25) is 5.91 Å². The summed E-state index contributed by atoms with van der Waals surface area (Å²) in [7, 11) is 1.79. The molecule has 0 spiro atoms. The number of carbonyl (C=O) groups is 1. The molecule has 18 heavy (non-hydrogen) atoms. The Labute approximate surface area is 114 Å². The van der Waals surface area contributed by atoms with Gasteiger partial charge in [0.1, 0.15) is 5.75 Å². The molecule has 0 heterocycles. The van der Waals surface area contributed by atoms with E-state index in [2.05, 4.69) is 0 Å². The maximum absolute atomic E-state index is 11.5. The quantitative estimate of drug-likeness (QED) is 0.563. The monoisotopic (exact) mass is 269 g/mol. The first-order chi connectivity index (χ1) is 8.63. The van der Waals surface area contributed by atoms with E-state index in [0.717, 1.165) is 12.2 Å². The average molecular weight is 270 g/mol. The van der Waals surface area contributed by atoms with Crippen LogP contribution in [0, 0.1) is 6.92 Å². The molecule has 0 atom stereocenters. The lowest BCUT2D eigenvalue weighted by Gasteiger charge is -2.16. The van der Waals surface area contributed by atoms with Crippen molar-refractivity contribution in [3.63, 3.8) is 0 Å². The van der Waals surface area contributed by atoms with E-state index in [9.17, 15) is 4.79 Å². The van der Waals surface area contributed by atoms with Crippen molar-refractivity contribution < 1.29 is 9.53 Å². The summed E-state index contributed by atoms with van der Waals surface area (Å²) >= 11 is 5.52. The van der Waals surface area contributed by atoms with E-state index in [1.807, 2.05) is 31.2 Å². The lowest BCUT2D eigenvalue weighted by atomic mass is 10.2. The van der Waals surface area contributed by atoms with Crippen molar-refractivity contribution in [3.05, 3.63) is 29.8 Å². The van der Waals surface area contributed by atoms with Crippen LogP contribution in [0.3, 0.4) is 0 Å². The van der Waals surface area contributed by atoms with Gasteiger partial charge in [0.25, 0.3) is 0 Å². The van der Waals surface area contributed by atoms with Crippen LogP contribution in [0.15, 0.2) is 24.3 Å². The SMILES string of the molecule is Cc1cccc(OCCCN(C)C(=O)CCCl)c1. The van der Waals surface area contributed by atoms with E-state index in [4.69, 9.17) is 16.3 Å². The zero-order valence-corrected chi connectivity index (χ0v) is 11.7. The molecule has 0 aliphatic carbocycles. The van der Waals surface area contributed by atoms with Crippen LogP contribution < -0.4 is 4.74 Å². The number of amides is 1. The summed E-state index contributed by atoms with van der Waals surface area (Å²) in [4.78, 5) is 13.1. The minimum absolute atomic E-state index is 0.0838. The zero-order valence-electron chi connectivity index (χ0n) is 11.0. The Kier molecular flexibility index (Phi) is 6.58. The Balaban J connectivity index is 2.20. The van der Waals surface area contributed by atoms with E-state index in [0.29, 0.717) is 25.5 Å². The van der Waals surface area contributed by atoms with Gasteiger partial charge in [-0.05, 0) is 31.0 Å². The van der Waals surface area contributed by atoms with E-state index in [1.54, 1.807) is 11.9 Å². The van der Waals surface area contributed by atoms with Crippen LogP contribution in [-0.4, -0.2) is 36.9 Å². The fraction of sp³-hybridized carbons (Fsp3) is 0.500. The van der Waals surface area contributed by atoms with Crippen molar-refractivity contribution in [3.8, 4) is 5.75 Å². The Hall–Kier alpha value is -1.22. The van der Waals surface area contributed by atoms with Crippen molar-refractivity contribution in [2.75, 3.05) is 26.1 Å². The lowest BCUT2D eigenvalue weighted by molar-refractivity contribution is -0.129. The molecule has 0 aromatic heterocycles. The Morgan fingerprint density at radius 1 is 1.44 bits per heavy atom. The fourth-order valence-corrected chi connectivity index (χ4v) is 1.75. The van der Waals surface area contributed by atoms with Gasteiger partial charge in [-0.2, -0.15) is 0 Å². The van der Waals surface area contributed by atoms with Crippen LogP contribution in [0.4, 0.5) is 0 Å². The summed E-state index contributed by atoms with van der Waals surface area (Å²) in [5, 5.41) is 0. The molecule has 1 aromatic carbocycles. The van der Waals surface area contributed by atoms with Crippen molar-refractivity contribution in [2.45, 2.75) is 19.8 Å². The van der Waals surface area contributed by atoms with Crippen LogP contribution in [0.1, 0.15) is 18.4 Å². The molecule has 0 fully saturated rings. The molecular formula is C14H20ClNO2. The van der Waals surface area contributed by atoms with Gasteiger partial charge in [-0.15, -0.1) is 11.6 Å². The number of carbonyl (C=O) groups excluding carboxylic acids is 1. The third-order valence-electron chi connectivity index (χ3n) is 2.63. The highest BCUT2D eigenvalue weighted by molar-refractivity contribution is 6.18. The number of ether oxygens (including phenoxy) is 1. The first-order valence-electron chi connectivity index (χ1n) is 6.13. The maximum atomic E-state index is 11.5. The predicted octanol–water partition coefficient (Wildman–Crippen LogP) is 2.85. The van der Waals surface area contributed by atoms with Crippen LogP contribution >= 0.6 is 11.6 Å². The van der Waals surface area contributed by atoms with E-state index in [1.165, 1.54) is 5.56 Å². The van der Waals surface area contributed by atoms with Gasteiger partial charge in [-0.1, -0.05) is 12.1 Å². The molecule has 1 amide bonds. The molecule has 0 aliphatic rings. The second-order valence-electron chi connectivity index (χ2n) is 4.27. The summed E-state index contributed by atoms with van der Waals surface area (Å²) in [5.41, 5.74) is 1.18. The van der Waals surface area contributed by atoms with Crippen LogP contribution in [0.5, 0.6) is 5.75 Å². The molecular weight excluding hydrogens is 250 g/mol. The standard InChI is InChI=1S/C14H20ClNO2/c1-12-5-3-6-13(11-12)18-10-4-9-16(2)14(17)7-8-15/h3,5-6,11H,4,7-10H2,1-2H3. The average Bonchev–Trinajstić information content (AvgIpc) is 2.35. The Morgan fingerprint density at radius 2 is 2.22 bits per heavy atom. The number of benzene rings is 1. The number of rotatable bonds is 7. The van der Waals surface area contributed by atoms with Gasteiger partial charge in [0, 0.05) is 25.9 Å². The highest BCUT2D eigenvalue weighted by Crippen LogP contribution is 2.12. The molecule has 0 radical (unpaired) electrons. The number of alkyl halides is 1. The first kappa shape index (κ1) is 14.8. The minimum Gasteiger partial charge on any atom is -0.494 e. The predicted molar refractivity (Wildman–Crippen MR) is 74.3 cm³/mol. The normalized spacial score (nSPS) is 10.2. The van der Waals surface area contributed by atoms with Crippen molar-refractivity contribution in [1.82, 2.24) is 4.90 Å². The van der Waals surface area contributed by atoms with Crippen molar-refractivity contribution in [1.29, 1.82) is 0 Å². The second kappa shape index (κ2) is 7.98. The van der Waals surface area contributed by atoms with E-state index >= 15 is 0 Å². The molecule has 0 bridgehead atoms. The van der Waals surface area contributed by atoms with Gasteiger partial charge < -0.3 is 9.64 Å². The molecule has 0 saturated heterocycles. The molecule has 1 rings (SSSR count). The van der Waals surface area contributed by atoms with E-state index in [-0.39, 0.29) is 5.91 Å². The minimum atomic E-state index is 0.0838. The zero-order chi connectivity index (χ0) is 13.4. The van der Waals surface area contributed by atoms with Crippen LogP contribution in [0.2, 0.25) is 0 Å². The fourth-order valence-electron chi connectivity index (χ4n) is 1.59. The van der Waals surface area contributed by atoms with Crippen LogP contribution in [-0.2, 0) is 4.79 Å². The summed E-state index contributed by atoms with van der Waals surface area (Å²) in [6, 6.07) is 7.95. The van der Waals surface area contributed by atoms with Gasteiger partial charge in [0.05, 0.1) is 6.61 Å². The van der Waals surface area contributed by atoms with E-state index < -0.39 is 0 Å². The molecule has 3 nitrogen and oxygen atoms in total. The maximum Gasteiger partial charge on any atom is 0.223 e. The molecule has 0 N–H and O–H groups in total. The topological polar surface area (TPSA) is 29.5 Å². The number of hydrogen-bond donors (Lipinski definition) is 0. The number of halogens is 1. The third kappa shape index (κ3) is 5.41. The summed E-state index contributed by atoms with van der Waals surface area (Å²) in [6.45, 7) is 3.34. The van der Waals surface area contributed by atoms with Gasteiger partial charge in [0.15, 0.2) is 0 Å². The molecule has 0 aliphatic heterocycles. The third-order valence-corrected chi connectivity index (χ3v) is 2.82. The van der Waals surface area contributed by atoms with Gasteiger partial charge in [-0.25, -0.2) is 0 Å². The van der Waals surface area contributed by atoms with Gasteiger partial charge >= 0.3 is 0 Å². The molecule has 0 saturated carbocycles. The van der Waals surface area contributed by atoms with Crippen LogP contribution in [0.25, 0.3) is 0 Å². The largest absolute Gasteiger partial charge is 0.494 e. The van der Waals surface area contributed by atoms with Crippen molar-refractivity contribution >= 4 is 17.5 Å². The number of nitrogens with zero attached hydrogens (tertiary/aromatic N) is 1. The first-order valence-corrected chi connectivity index (χ1v) is 6.66. The number of hydrogen-bond acceptors (Lipinski definition) is 2. The van der Waals surface area contributed by atoms with Crippen molar-refractivity contribution in [2.24, 2.45) is 0 Å². The molecule has 100 valence electrons. The lowest BCUT2D eigenvalue weighted by Crippen LogP contribution is -2.28. The second-order valence-corrected chi connectivity index (χ2v) is 4.65. The van der Waals surface area contributed by atoms with Gasteiger partial charge in [-0.3, -0.25) is 4.79 Å². The Bertz CT molecular complexity index is 382. The highest BCUT2D eigenvalue weighted by Gasteiger charge is 2.06. The summed E-state index contributed by atoms with van der Waals surface area (Å²) < 4.78 is 5.61. The smallest absolute Gasteiger partial charge is 0.223 e.